The third kappa shape index (κ3) is 3.15. The van der Waals surface area contributed by atoms with Crippen molar-refractivity contribution in [3.63, 3.8) is 0 Å². The lowest BCUT2D eigenvalue weighted by Gasteiger charge is -2.20. The summed E-state index contributed by atoms with van der Waals surface area (Å²) in [4.78, 5) is 18.1. The molecule has 1 aliphatic heterocycles. The first-order chi connectivity index (χ1) is 13.2. The average molecular weight is 367 g/mol. The van der Waals surface area contributed by atoms with Crippen molar-refractivity contribution in [3.8, 4) is 0 Å². The Morgan fingerprint density at radius 3 is 3.15 bits per heavy atom. The van der Waals surface area contributed by atoms with Crippen molar-refractivity contribution in [2.24, 2.45) is 0 Å². The Bertz CT molecular complexity index is 1100. The molecule has 8 heteroatoms. The zero-order valence-electron chi connectivity index (χ0n) is 14.4. The van der Waals surface area contributed by atoms with Crippen molar-refractivity contribution in [2.75, 3.05) is 18.5 Å². The standard InChI is InChI=1S/C19H17N3O5/c23-19-22-13-4-3-12(9-15(13)27-19)21-18-20-10-17(26-18)11-2-5-14-16(8-11)25-7-1-6-24-14/h2-4,8-10,14H,1,5-7H2,(H,20,21)(H,22,23). The van der Waals surface area contributed by atoms with Gasteiger partial charge in [0.25, 0.3) is 6.01 Å². The van der Waals surface area contributed by atoms with Gasteiger partial charge in [0.1, 0.15) is 11.9 Å². The van der Waals surface area contributed by atoms with Crippen LogP contribution in [0, 0.1) is 0 Å². The minimum atomic E-state index is -0.485. The van der Waals surface area contributed by atoms with E-state index in [-0.39, 0.29) is 6.10 Å². The molecule has 0 bridgehead atoms. The zero-order chi connectivity index (χ0) is 18.2. The monoisotopic (exact) mass is 367 g/mol. The highest BCUT2D eigenvalue weighted by atomic mass is 16.5. The number of nitrogens with one attached hydrogen (secondary N) is 2. The van der Waals surface area contributed by atoms with Crippen molar-refractivity contribution in [1.82, 2.24) is 9.97 Å². The van der Waals surface area contributed by atoms with Crippen LogP contribution < -0.4 is 11.1 Å². The second kappa shape index (κ2) is 6.48. The number of rotatable bonds is 3. The molecular weight excluding hydrogens is 350 g/mol. The molecule has 1 aliphatic carbocycles. The number of oxazole rings is 2. The molecule has 3 aromatic rings. The average Bonchev–Trinajstić information content (AvgIpc) is 3.20. The Morgan fingerprint density at radius 2 is 2.19 bits per heavy atom. The quantitative estimate of drug-likeness (QED) is 0.732. The zero-order valence-corrected chi connectivity index (χ0v) is 14.4. The molecule has 2 aromatic heterocycles. The fourth-order valence-electron chi connectivity index (χ4n) is 3.20. The molecular formula is C19H17N3O5. The molecule has 0 saturated carbocycles. The van der Waals surface area contributed by atoms with Gasteiger partial charge in [-0.1, -0.05) is 6.08 Å². The number of allylic oxidation sites excluding steroid dienone is 2. The number of fused-ring (bicyclic) bond motifs is 2. The third-order valence-corrected chi connectivity index (χ3v) is 4.51. The first-order valence-electron chi connectivity index (χ1n) is 8.77. The molecule has 27 heavy (non-hydrogen) atoms. The topological polar surface area (TPSA) is 103 Å². The van der Waals surface area contributed by atoms with Crippen LogP contribution in [0.4, 0.5) is 11.7 Å². The maximum absolute atomic E-state index is 11.3. The van der Waals surface area contributed by atoms with Gasteiger partial charge in [0.05, 0.1) is 24.9 Å². The van der Waals surface area contributed by atoms with E-state index in [1.54, 1.807) is 24.4 Å². The fraction of sp³-hybridized carbons (Fsp3) is 0.263. The van der Waals surface area contributed by atoms with Crippen molar-refractivity contribution in [2.45, 2.75) is 18.9 Å². The number of H-pyrrole nitrogens is 1. The van der Waals surface area contributed by atoms with E-state index in [2.05, 4.69) is 21.4 Å². The van der Waals surface area contributed by atoms with Gasteiger partial charge in [0.2, 0.25) is 0 Å². The number of aromatic amines is 1. The molecule has 1 unspecified atom stereocenters. The highest BCUT2D eigenvalue weighted by molar-refractivity contribution is 5.78. The lowest BCUT2D eigenvalue weighted by Crippen LogP contribution is -2.17. The number of anilines is 2. The Morgan fingerprint density at radius 1 is 1.22 bits per heavy atom. The van der Waals surface area contributed by atoms with Crippen LogP contribution in [0.2, 0.25) is 0 Å². The van der Waals surface area contributed by atoms with E-state index in [4.69, 9.17) is 18.3 Å². The lowest BCUT2D eigenvalue weighted by atomic mass is 10.0. The van der Waals surface area contributed by atoms with Crippen LogP contribution in [0.15, 0.2) is 55.9 Å². The van der Waals surface area contributed by atoms with E-state index in [0.717, 1.165) is 24.2 Å². The highest BCUT2D eigenvalue weighted by Gasteiger charge is 2.24. The van der Waals surface area contributed by atoms with Crippen molar-refractivity contribution >= 4 is 28.4 Å². The van der Waals surface area contributed by atoms with Crippen LogP contribution in [-0.2, 0) is 9.47 Å². The molecule has 1 saturated heterocycles. The smallest absolute Gasteiger partial charge is 0.417 e. The molecule has 0 spiro atoms. The minimum absolute atomic E-state index is 0.0144. The van der Waals surface area contributed by atoms with E-state index in [1.807, 2.05) is 6.08 Å². The predicted octanol–water partition coefficient (Wildman–Crippen LogP) is 3.33. The molecule has 2 aliphatic rings. The Kier molecular flexibility index (Phi) is 3.83. The van der Waals surface area contributed by atoms with Crippen LogP contribution in [-0.4, -0.2) is 29.3 Å². The molecule has 8 nitrogen and oxygen atoms in total. The number of aromatic nitrogens is 2. The molecule has 5 rings (SSSR count). The van der Waals surface area contributed by atoms with Crippen molar-refractivity contribution in [3.05, 3.63) is 58.6 Å². The second-order valence-electron chi connectivity index (χ2n) is 6.38. The van der Waals surface area contributed by atoms with Crippen molar-refractivity contribution < 1.29 is 18.3 Å². The maximum atomic E-state index is 11.3. The lowest BCUT2D eigenvalue weighted by molar-refractivity contribution is 0.0696. The summed E-state index contributed by atoms with van der Waals surface area (Å²) in [6, 6.07) is 5.62. The van der Waals surface area contributed by atoms with E-state index >= 15 is 0 Å². The van der Waals surface area contributed by atoms with Gasteiger partial charge in [-0.05, 0) is 24.6 Å². The van der Waals surface area contributed by atoms with Gasteiger partial charge < -0.3 is 23.6 Å². The normalized spacial score (nSPS) is 19.6. The Labute approximate surface area is 153 Å². The summed E-state index contributed by atoms with van der Waals surface area (Å²) in [6.45, 7) is 1.38. The molecule has 1 aromatic carbocycles. The SMILES string of the molecule is O=c1[nH]c2ccc(Nc3ncc(C4=CCC5OCCCOC5=C4)o3)cc2o1. The van der Waals surface area contributed by atoms with Crippen LogP contribution in [0.3, 0.4) is 0 Å². The van der Waals surface area contributed by atoms with Crippen LogP contribution in [0.5, 0.6) is 0 Å². The van der Waals surface area contributed by atoms with Gasteiger partial charge in [-0.3, -0.25) is 4.98 Å². The highest BCUT2D eigenvalue weighted by Crippen LogP contribution is 2.31. The first-order valence-corrected chi connectivity index (χ1v) is 8.77. The van der Waals surface area contributed by atoms with Gasteiger partial charge in [0.15, 0.2) is 11.3 Å². The van der Waals surface area contributed by atoms with E-state index in [9.17, 15) is 4.79 Å². The number of hydrogen-bond donors (Lipinski definition) is 2. The summed E-state index contributed by atoms with van der Waals surface area (Å²) in [5.41, 5.74) is 2.72. The number of hydrogen-bond acceptors (Lipinski definition) is 7. The van der Waals surface area contributed by atoms with E-state index in [0.29, 0.717) is 41.8 Å². The van der Waals surface area contributed by atoms with Gasteiger partial charge in [-0.15, -0.1) is 0 Å². The fourth-order valence-corrected chi connectivity index (χ4v) is 3.20. The first kappa shape index (κ1) is 16.0. The van der Waals surface area contributed by atoms with Gasteiger partial charge in [-0.2, -0.15) is 0 Å². The summed E-state index contributed by atoms with van der Waals surface area (Å²) in [5.74, 6) is 0.996. The number of nitrogens with zero attached hydrogens (tertiary/aromatic N) is 1. The van der Waals surface area contributed by atoms with Crippen LogP contribution in [0.25, 0.3) is 16.7 Å². The summed E-state index contributed by atoms with van der Waals surface area (Å²) in [6.07, 6.45) is 7.30. The van der Waals surface area contributed by atoms with Crippen molar-refractivity contribution in [1.29, 1.82) is 0 Å². The van der Waals surface area contributed by atoms with E-state index < -0.39 is 5.76 Å². The number of ether oxygens (including phenoxy) is 2. The van der Waals surface area contributed by atoms with E-state index in [1.165, 1.54) is 0 Å². The molecule has 3 heterocycles. The maximum Gasteiger partial charge on any atom is 0.417 e. The predicted molar refractivity (Wildman–Crippen MR) is 97.6 cm³/mol. The largest absolute Gasteiger partial charge is 0.495 e. The molecule has 0 amide bonds. The van der Waals surface area contributed by atoms with Crippen LogP contribution in [0.1, 0.15) is 18.6 Å². The third-order valence-electron chi connectivity index (χ3n) is 4.51. The number of benzene rings is 1. The summed E-state index contributed by atoms with van der Waals surface area (Å²) in [5, 5.41) is 3.07. The molecule has 1 fully saturated rings. The molecule has 1 atom stereocenters. The molecule has 0 radical (unpaired) electrons. The van der Waals surface area contributed by atoms with Crippen LogP contribution >= 0.6 is 0 Å². The summed E-state index contributed by atoms with van der Waals surface area (Å²) in [7, 11) is 0. The Hall–Kier alpha value is -3.26. The minimum Gasteiger partial charge on any atom is -0.495 e. The Balaban J connectivity index is 1.36. The molecule has 2 N–H and O–H groups in total. The summed E-state index contributed by atoms with van der Waals surface area (Å²) >= 11 is 0. The van der Waals surface area contributed by atoms with Gasteiger partial charge in [0, 0.05) is 23.7 Å². The molecule has 138 valence electrons. The van der Waals surface area contributed by atoms with Gasteiger partial charge >= 0.3 is 5.76 Å². The van der Waals surface area contributed by atoms with Gasteiger partial charge in [-0.25, -0.2) is 9.78 Å². The second-order valence-corrected chi connectivity index (χ2v) is 6.38. The summed E-state index contributed by atoms with van der Waals surface area (Å²) < 4.78 is 22.5.